The lowest BCUT2D eigenvalue weighted by molar-refractivity contribution is -0.149. The monoisotopic (exact) mass is 141 g/mol. The third kappa shape index (κ3) is 1.20. The van der Waals surface area contributed by atoms with Gasteiger partial charge >= 0.3 is 0 Å². The van der Waals surface area contributed by atoms with E-state index in [1.165, 1.54) is 0 Å². The number of allylic oxidation sites excluding steroid dienone is 3. The molecule has 0 aromatic rings. The molecule has 0 fully saturated rings. The highest BCUT2D eigenvalue weighted by atomic mass is 16.5. The van der Waals surface area contributed by atoms with Crippen LogP contribution < -0.4 is 0 Å². The molecule has 2 N–H and O–H groups in total. The molecule has 1 unspecified atom stereocenters. The van der Waals surface area contributed by atoms with Gasteiger partial charge in [0.1, 0.15) is 0 Å². The van der Waals surface area contributed by atoms with Gasteiger partial charge in [-0.25, -0.2) is 5.06 Å². The Morgan fingerprint density at radius 1 is 1.50 bits per heavy atom. The van der Waals surface area contributed by atoms with Crippen LogP contribution in [0.15, 0.2) is 23.4 Å². The van der Waals surface area contributed by atoms with Crippen LogP contribution in [0.3, 0.4) is 0 Å². The summed E-state index contributed by atoms with van der Waals surface area (Å²) >= 11 is 0. The first kappa shape index (κ1) is 7.31. The minimum Gasteiger partial charge on any atom is -0.368 e. The molecule has 0 spiro atoms. The van der Waals surface area contributed by atoms with Gasteiger partial charge in [0, 0.05) is 5.70 Å². The van der Waals surface area contributed by atoms with E-state index in [9.17, 15) is 0 Å². The van der Waals surface area contributed by atoms with E-state index in [4.69, 9.17) is 10.3 Å². The Morgan fingerprint density at radius 2 is 2.10 bits per heavy atom. The Kier molecular flexibility index (Phi) is 1.78. The van der Waals surface area contributed by atoms with E-state index < -0.39 is 6.23 Å². The Hall–Kier alpha value is -0.800. The molecule has 0 bridgehead atoms. The van der Waals surface area contributed by atoms with Crippen LogP contribution in [0.25, 0.3) is 0 Å². The standard InChI is InChI=1S/C7H11NO2/c1-5-3-6(2)8(10)7(9)4-5/h3-4,7,9-10H,1-2H3. The number of nitrogens with zero attached hydrogens (tertiary/aromatic N) is 1. The van der Waals surface area contributed by atoms with Gasteiger partial charge in [-0.1, -0.05) is 0 Å². The molecular formula is C7H11NO2. The maximum atomic E-state index is 9.08. The van der Waals surface area contributed by atoms with Gasteiger partial charge in [0.25, 0.3) is 0 Å². The van der Waals surface area contributed by atoms with Gasteiger partial charge in [-0.2, -0.15) is 0 Å². The molecule has 0 radical (unpaired) electrons. The number of hydrogen-bond donors (Lipinski definition) is 2. The molecule has 0 saturated heterocycles. The van der Waals surface area contributed by atoms with Gasteiger partial charge in [-0.05, 0) is 31.6 Å². The number of aliphatic hydroxyl groups is 1. The normalized spacial score (nSPS) is 26.0. The van der Waals surface area contributed by atoms with Crippen LogP contribution >= 0.6 is 0 Å². The largest absolute Gasteiger partial charge is 0.368 e. The summed E-state index contributed by atoms with van der Waals surface area (Å²) < 4.78 is 0. The van der Waals surface area contributed by atoms with Crippen LogP contribution in [0.5, 0.6) is 0 Å². The number of hydrogen-bond acceptors (Lipinski definition) is 3. The molecule has 1 aliphatic rings. The Morgan fingerprint density at radius 3 is 2.60 bits per heavy atom. The van der Waals surface area contributed by atoms with Crippen LogP contribution in [0, 0.1) is 0 Å². The lowest BCUT2D eigenvalue weighted by atomic mass is 10.2. The Labute approximate surface area is 59.8 Å². The minimum atomic E-state index is -0.884. The summed E-state index contributed by atoms with van der Waals surface area (Å²) in [4.78, 5) is 0. The van der Waals surface area contributed by atoms with Crippen molar-refractivity contribution in [1.82, 2.24) is 5.06 Å². The van der Waals surface area contributed by atoms with Crippen LogP contribution in [-0.2, 0) is 0 Å². The molecule has 56 valence electrons. The average Bonchev–Trinajstić information content (AvgIpc) is 1.82. The van der Waals surface area contributed by atoms with Crippen molar-refractivity contribution in [2.45, 2.75) is 20.1 Å². The first-order chi connectivity index (χ1) is 4.61. The zero-order valence-corrected chi connectivity index (χ0v) is 6.07. The summed E-state index contributed by atoms with van der Waals surface area (Å²) in [5.74, 6) is 0. The second kappa shape index (κ2) is 2.44. The highest BCUT2D eigenvalue weighted by molar-refractivity contribution is 5.24. The van der Waals surface area contributed by atoms with Crippen molar-refractivity contribution in [3.8, 4) is 0 Å². The smallest absolute Gasteiger partial charge is 0.170 e. The van der Waals surface area contributed by atoms with E-state index in [2.05, 4.69) is 0 Å². The van der Waals surface area contributed by atoms with Gasteiger partial charge in [0.2, 0.25) is 0 Å². The van der Waals surface area contributed by atoms with Gasteiger partial charge in [-0.3, -0.25) is 5.21 Å². The highest BCUT2D eigenvalue weighted by Gasteiger charge is 2.14. The molecule has 3 nitrogen and oxygen atoms in total. The topological polar surface area (TPSA) is 43.7 Å². The van der Waals surface area contributed by atoms with Gasteiger partial charge in [0.15, 0.2) is 6.23 Å². The van der Waals surface area contributed by atoms with E-state index in [1.807, 2.05) is 6.92 Å². The zero-order valence-electron chi connectivity index (χ0n) is 6.07. The molecule has 0 saturated carbocycles. The molecule has 1 heterocycles. The van der Waals surface area contributed by atoms with Crippen molar-refractivity contribution in [3.05, 3.63) is 23.4 Å². The summed E-state index contributed by atoms with van der Waals surface area (Å²) in [6, 6.07) is 0. The fourth-order valence-electron chi connectivity index (χ4n) is 0.958. The van der Waals surface area contributed by atoms with Crippen LogP contribution in [0.4, 0.5) is 0 Å². The molecule has 0 aromatic heterocycles. The maximum Gasteiger partial charge on any atom is 0.170 e. The highest BCUT2D eigenvalue weighted by Crippen LogP contribution is 2.15. The molecule has 1 atom stereocenters. The quantitative estimate of drug-likeness (QED) is 0.526. The number of hydroxylamine groups is 2. The summed E-state index contributed by atoms with van der Waals surface area (Å²) in [6.45, 7) is 3.61. The zero-order chi connectivity index (χ0) is 7.72. The second-order valence-electron chi connectivity index (χ2n) is 2.45. The predicted octanol–water partition coefficient (Wildman–Crippen LogP) is 0.860. The lowest BCUT2D eigenvalue weighted by Gasteiger charge is -2.25. The molecule has 0 aromatic carbocycles. The SMILES string of the molecule is CC1=CC(O)N(O)C(C)=C1. The molecule has 3 heteroatoms. The van der Waals surface area contributed by atoms with Crippen molar-refractivity contribution >= 4 is 0 Å². The fourth-order valence-corrected chi connectivity index (χ4v) is 0.958. The average molecular weight is 141 g/mol. The van der Waals surface area contributed by atoms with Crippen molar-refractivity contribution < 1.29 is 10.3 Å². The Balaban J connectivity index is 2.85. The van der Waals surface area contributed by atoms with Gasteiger partial charge in [0.05, 0.1) is 0 Å². The molecule has 0 aliphatic carbocycles. The predicted molar refractivity (Wildman–Crippen MR) is 37.1 cm³/mol. The molecule has 0 amide bonds. The number of rotatable bonds is 0. The molecule has 1 rings (SSSR count). The summed E-state index contributed by atoms with van der Waals surface area (Å²) in [7, 11) is 0. The van der Waals surface area contributed by atoms with Gasteiger partial charge < -0.3 is 5.11 Å². The third-order valence-corrected chi connectivity index (χ3v) is 1.46. The minimum absolute atomic E-state index is 0.660. The van der Waals surface area contributed by atoms with E-state index in [0.717, 1.165) is 10.6 Å². The van der Waals surface area contributed by atoms with Crippen LogP contribution in [0.1, 0.15) is 13.8 Å². The van der Waals surface area contributed by atoms with E-state index in [-0.39, 0.29) is 0 Å². The summed E-state index contributed by atoms with van der Waals surface area (Å²) in [5.41, 5.74) is 1.63. The molecule has 1 aliphatic heterocycles. The fraction of sp³-hybridized carbons (Fsp3) is 0.429. The van der Waals surface area contributed by atoms with Crippen LogP contribution in [0.2, 0.25) is 0 Å². The number of aliphatic hydroxyl groups excluding tert-OH is 1. The first-order valence-corrected chi connectivity index (χ1v) is 3.14. The van der Waals surface area contributed by atoms with Crippen molar-refractivity contribution in [2.75, 3.05) is 0 Å². The second-order valence-corrected chi connectivity index (χ2v) is 2.45. The van der Waals surface area contributed by atoms with E-state index in [1.54, 1.807) is 19.1 Å². The first-order valence-electron chi connectivity index (χ1n) is 3.14. The summed E-state index contributed by atoms with van der Waals surface area (Å²) in [5, 5.41) is 18.9. The van der Waals surface area contributed by atoms with Crippen molar-refractivity contribution in [2.24, 2.45) is 0 Å². The maximum absolute atomic E-state index is 9.08. The van der Waals surface area contributed by atoms with E-state index >= 15 is 0 Å². The molecule has 10 heavy (non-hydrogen) atoms. The van der Waals surface area contributed by atoms with Crippen molar-refractivity contribution in [3.63, 3.8) is 0 Å². The third-order valence-electron chi connectivity index (χ3n) is 1.46. The molecular weight excluding hydrogens is 130 g/mol. The lowest BCUT2D eigenvalue weighted by Crippen LogP contribution is -2.31. The van der Waals surface area contributed by atoms with Crippen LogP contribution in [-0.4, -0.2) is 21.6 Å². The van der Waals surface area contributed by atoms with Crippen molar-refractivity contribution in [1.29, 1.82) is 0 Å². The van der Waals surface area contributed by atoms with Gasteiger partial charge in [-0.15, -0.1) is 0 Å². The Bertz CT molecular complexity index is 196. The summed E-state index contributed by atoms with van der Waals surface area (Å²) in [6.07, 6.45) is 2.49. The van der Waals surface area contributed by atoms with E-state index in [0.29, 0.717) is 5.70 Å².